The summed E-state index contributed by atoms with van der Waals surface area (Å²) < 4.78 is 1.68. The standard InChI is InChI=1S/C14H11N3O2S/c1-9-2-3-10(8-11(9)14(18)19)20-13-5-7-17-12(16-13)4-6-15-17/h2-8H,1H3,(H,18,19). The van der Waals surface area contributed by atoms with Crippen molar-refractivity contribution in [2.24, 2.45) is 0 Å². The first-order valence-corrected chi connectivity index (χ1v) is 6.77. The first-order valence-electron chi connectivity index (χ1n) is 5.96. The fourth-order valence-electron chi connectivity index (χ4n) is 1.87. The maximum atomic E-state index is 11.1. The number of aromatic nitrogens is 3. The van der Waals surface area contributed by atoms with E-state index < -0.39 is 5.97 Å². The Morgan fingerprint density at radius 1 is 1.30 bits per heavy atom. The third-order valence-electron chi connectivity index (χ3n) is 2.89. The predicted molar refractivity (Wildman–Crippen MR) is 75.2 cm³/mol. The highest BCUT2D eigenvalue weighted by atomic mass is 32.2. The fourth-order valence-corrected chi connectivity index (χ4v) is 2.69. The number of aromatic carboxylic acids is 1. The molecule has 5 nitrogen and oxygen atoms in total. The van der Waals surface area contributed by atoms with E-state index in [1.807, 2.05) is 30.5 Å². The van der Waals surface area contributed by atoms with Crippen LogP contribution in [-0.4, -0.2) is 25.7 Å². The van der Waals surface area contributed by atoms with E-state index in [-0.39, 0.29) is 0 Å². The summed E-state index contributed by atoms with van der Waals surface area (Å²) in [6.07, 6.45) is 3.52. The number of carboxylic acid groups (broad SMARTS) is 1. The van der Waals surface area contributed by atoms with Crippen molar-refractivity contribution < 1.29 is 9.90 Å². The van der Waals surface area contributed by atoms with E-state index in [0.717, 1.165) is 21.1 Å². The minimum atomic E-state index is -0.913. The van der Waals surface area contributed by atoms with Gasteiger partial charge < -0.3 is 5.11 Å². The molecule has 100 valence electrons. The maximum Gasteiger partial charge on any atom is 0.335 e. The second kappa shape index (κ2) is 4.97. The molecule has 2 aromatic heterocycles. The molecule has 0 aliphatic rings. The average Bonchev–Trinajstić information content (AvgIpc) is 2.88. The molecule has 0 unspecified atom stereocenters. The lowest BCUT2D eigenvalue weighted by atomic mass is 10.1. The normalized spacial score (nSPS) is 10.8. The molecule has 0 amide bonds. The van der Waals surface area contributed by atoms with Crippen molar-refractivity contribution >= 4 is 23.4 Å². The lowest BCUT2D eigenvalue weighted by Crippen LogP contribution is -1.99. The number of fused-ring (bicyclic) bond motifs is 1. The van der Waals surface area contributed by atoms with Gasteiger partial charge in [-0.3, -0.25) is 0 Å². The lowest BCUT2D eigenvalue weighted by molar-refractivity contribution is 0.0696. The number of rotatable bonds is 3. The van der Waals surface area contributed by atoms with Crippen LogP contribution in [0.3, 0.4) is 0 Å². The van der Waals surface area contributed by atoms with Crippen molar-refractivity contribution in [1.29, 1.82) is 0 Å². The number of carboxylic acids is 1. The van der Waals surface area contributed by atoms with Crippen LogP contribution >= 0.6 is 11.8 Å². The molecule has 1 N–H and O–H groups in total. The molecule has 0 bridgehead atoms. The summed E-state index contributed by atoms with van der Waals surface area (Å²) in [5.74, 6) is -0.913. The molecule has 0 spiro atoms. The van der Waals surface area contributed by atoms with E-state index >= 15 is 0 Å². The third kappa shape index (κ3) is 2.37. The first kappa shape index (κ1) is 12.7. The molecule has 2 heterocycles. The molecule has 3 aromatic rings. The zero-order valence-electron chi connectivity index (χ0n) is 10.6. The van der Waals surface area contributed by atoms with Gasteiger partial charge in [0.15, 0.2) is 5.65 Å². The quantitative estimate of drug-likeness (QED) is 0.749. The highest BCUT2D eigenvalue weighted by molar-refractivity contribution is 7.99. The molecule has 20 heavy (non-hydrogen) atoms. The van der Waals surface area contributed by atoms with Gasteiger partial charge in [-0.25, -0.2) is 14.3 Å². The van der Waals surface area contributed by atoms with Crippen LogP contribution in [0.5, 0.6) is 0 Å². The Morgan fingerprint density at radius 3 is 2.95 bits per heavy atom. The number of nitrogens with zero attached hydrogens (tertiary/aromatic N) is 3. The highest BCUT2D eigenvalue weighted by Crippen LogP contribution is 2.28. The summed E-state index contributed by atoms with van der Waals surface area (Å²) in [6, 6.07) is 9.05. The van der Waals surface area contributed by atoms with Gasteiger partial charge in [0.2, 0.25) is 0 Å². The van der Waals surface area contributed by atoms with E-state index in [9.17, 15) is 4.79 Å². The van der Waals surface area contributed by atoms with Gasteiger partial charge in [-0.05, 0) is 30.7 Å². The predicted octanol–water partition coefficient (Wildman–Crippen LogP) is 2.89. The van der Waals surface area contributed by atoms with Crippen LogP contribution in [-0.2, 0) is 0 Å². The van der Waals surface area contributed by atoms with E-state index in [2.05, 4.69) is 10.1 Å². The second-order valence-electron chi connectivity index (χ2n) is 4.28. The van der Waals surface area contributed by atoms with E-state index in [1.165, 1.54) is 11.8 Å². The molecule has 3 rings (SSSR count). The number of hydrogen-bond acceptors (Lipinski definition) is 4. The topological polar surface area (TPSA) is 67.5 Å². The van der Waals surface area contributed by atoms with Crippen molar-refractivity contribution in [3.63, 3.8) is 0 Å². The Morgan fingerprint density at radius 2 is 2.15 bits per heavy atom. The van der Waals surface area contributed by atoms with Crippen LogP contribution in [0, 0.1) is 6.92 Å². The second-order valence-corrected chi connectivity index (χ2v) is 5.38. The number of aryl methyl sites for hydroxylation is 1. The minimum absolute atomic E-state index is 0.320. The Kier molecular flexibility index (Phi) is 3.15. The molecule has 0 saturated carbocycles. The Hall–Kier alpha value is -2.34. The van der Waals surface area contributed by atoms with Crippen LogP contribution in [0.1, 0.15) is 15.9 Å². The highest BCUT2D eigenvalue weighted by Gasteiger charge is 2.09. The SMILES string of the molecule is Cc1ccc(Sc2ccn3nccc3n2)cc1C(=O)O. The summed E-state index contributed by atoms with van der Waals surface area (Å²) >= 11 is 1.43. The number of carbonyl (C=O) groups is 1. The monoisotopic (exact) mass is 285 g/mol. The van der Waals surface area contributed by atoms with Crippen LogP contribution in [0.15, 0.2) is 52.6 Å². The van der Waals surface area contributed by atoms with Crippen molar-refractivity contribution in [2.45, 2.75) is 16.8 Å². The van der Waals surface area contributed by atoms with Gasteiger partial charge in [0.1, 0.15) is 5.03 Å². The largest absolute Gasteiger partial charge is 0.478 e. The van der Waals surface area contributed by atoms with Gasteiger partial charge in [-0.2, -0.15) is 5.10 Å². The van der Waals surface area contributed by atoms with E-state index in [4.69, 9.17) is 5.11 Å². The van der Waals surface area contributed by atoms with Gasteiger partial charge in [0.05, 0.1) is 11.8 Å². The number of benzene rings is 1. The lowest BCUT2D eigenvalue weighted by Gasteiger charge is -2.05. The zero-order chi connectivity index (χ0) is 14.1. The van der Waals surface area contributed by atoms with Crippen LogP contribution < -0.4 is 0 Å². The van der Waals surface area contributed by atoms with E-state index in [0.29, 0.717) is 5.56 Å². The van der Waals surface area contributed by atoms with Crippen molar-refractivity contribution in [1.82, 2.24) is 14.6 Å². The van der Waals surface area contributed by atoms with Gasteiger partial charge in [-0.15, -0.1) is 0 Å². The van der Waals surface area contributed by atoms with Gasteiger partial charge in [0.25, 0.3) is 0 Å². The molecule has 0 fully saturated rings. The fraction of sp³-hybridized carbons (Fsp3) is 0.0714. The van der Waals surface area contributed by atoms with Gasteiger partial charge >= 0.3 is 5.97 Å². The minimum Gasteiger partial charge on any atom is -0.478 e. The average molecular weight is 285 g/mol. The Labute approximate surface area is 119 Å². The molecule has 0 atom stereocenters. The molecule has 0 aliphatic heterocycles. The summed E-state index contributed by atoms with van der Waals surface area (Å²) in [7, 11) is 0. The molecule has 1 aromatic carbocycles. The first-order chi connectivity index (χ1) is 9.63. The van der Waals surface area contributed by atoms with Gasteiger partial charge in [0, 0.05) is 17.2 Å². The molecule has 0 aliphatic carbocycles. The molecular formula is C14H11N3O2S. The van der Waals surface area contributed by atoms with Gasteiger partial charge in [-0.1, -0.05) is 17.8 Å². The molecule has 0 saturated heterocycles. The third-order valence-corrected chi connectivity index (χ3v) is 3.82. The molecular weight excluding hydrogens is 274 g/mol. The van der Waals surface area contributed by atoms with Crippen molar-refractivity contribution in [3.05, 3.63) is 53.9 Å². The van der Waals surface area contributed by atoms with Crippen molar-refractivity contribution in [3.8, 4) is 0 Å². The summed E-state index contributed by atoms with van der Waals surface area (Å²) in [4.78, 5) is 16.4. The van der Waals surface area contributed by atoms with Crippen LogP contribution in [0.4, 0.5) is 0 Å². The smallest absolute Gasteiger partial charge is 0.335 e. The van der Waals surface area contributed by atoms with E-state index in [1.54, 1.807) is 23.7 Å². The Balaban J connectivity index is 1.94. The molecule has 0 radical (unpaired) electrons. The van der Waals surface area contributed by atoms with Crippen molar-refractivity contribution in [2.75, 3.05) is 0 Å². The zero-order valence-corrected chi connectivity index (χ0v) is 11.5. The number of hydrogen-bond donors (Lipinski definition) is 1. The Bertz CT molecular complexity index is 798. The summed E-state index contributed by atoms with van der Waals surface area (Å²) in [6.45, 7) is 1.79. The van der Waals surface area contributed by atoms with Crippen LogP contribution in [0.2, 0.25) is 0 Å². The van der Waals surface area contributed by atoms with Crippen LogP contribution in [0.25, 0.3) is 5.65 Å². The molecule has 6 heteroatoms. The summed E-state index contributed by atoms with van der Waals surface area (Å²) in [5, 5.41) is 14.0. The maximum absolute atomic E-state index is 11.1. The summed E-state index contributed by atoms with van der Waals surface area (Å²) in [5.41, 5.74) is 1.84.